The highest BCUT2D eigenvalue weighted by atomic mass is 35.5. The van der Waals surface area contributed by atoms with Crippen LogP contribution in [0.4, 0.5) is 4.39 Å². The normalized spacial score (nSPS) is 9.31. The fraction of sp³-hybridized carbons (Fsp3) is 0.200. The van der Waals surface area contributed by atoms with Crippen LogP contribution in [0.5, 0.6) is 5.75 Å². The number of halogens is 2. The molecule has 0 N–H and O–H groups in total. The summed E-state index contributed by atoms with van der Waals surface area (Å²) in [5.41, 5.74) is 0. The quantitative estimate of drug-likeness (QED) is 0.536. The van der Waals surface area contributed by atoms with Crippen molar-refractivity contribution in [2.24, 2.45) is 0 Å². The molecule has 1 nitrogen and oxygen atoms in total. The highest BCUT2D eigenvalue weighted by molar-refractivity contribution is 6.30. The van der Waals surface area contributed by atoms with E-state index >= 15 is 0 Å². The van der Waals surface area contributed by atoms with Crippen LogP contribution in [0.2, 0.25) is 5.02 Å². The van der Waals surface area contributed by atoms with E-state index in [9.17, 15) is 4.39 Å². The van der Waals surface area contributed by atoms with E-state index in [0.29, 0.717) is 18.1 Å². The fourth-order valence-electron chi connectivity index (χ4n) is 0.808. The summed E-state index contributed by atoms with van der Waals surface area (Å²) >= 11 is 5.64. The highest BCUT2D eigenvalue weighted by Gasteiger charge is 2.02. The first-order chi connectivity index (χ1) is 6.24. The molecule has 1 aromatic rings. The van der Waals surface area contributed by atoms with Crippen molar-refractivity contribution in [3.05, 3.63) is 29.0 Å². The third-order valence-electron chi connectivity index (χ3n) is 1.40. The molecule has 0 spiro atoms. The number of hydrogen-bond acceptors (Lipinski definition) is 1. The maximum atomic E-state index is 13.0. The van der Waals surface area contributed by atoms with Gasteiger partial charge in [0.25, 0.3) is 0 Å². The van der Waals surface area contributed by atoms with Gasteiger partial charge >= 0.3 is 0 Å². The second-order valence-corrected chi connectivity index (χ2v) is 2.81. The summed E-state index contributed by atoms with van der Waals surface area (Å²) in [6, 6.07) is 4.14. The van der Waals surface area contributed by atoms with Crippen molar-refractivity contribution in [2.45, 2.75) is 6.42 Å². The predicted octanol–water partition coefficient (Wildman–Crippen LogP) is 2.88. The van der Waals surface area contributed by atoms with Crippen molar-refractivity contribution in [3.8, 4) is 18.1 Å². The van der Waals surface area contributed by atoms with Gasteiger partial charge in [0.05, 0.1) is 6.61 Å². The van der Waals surface area contributed by atoms with Crippen molar-refractivity contribution < 1.29 is 9.13 Å². The van der Waals surface area contributed by atoms with Gasteiger partial charge in [-0.2, -0.15) is 0 Å². The minimum Gasteiger partial charge on any atom is -0.489 e. The third-order valence-corrected chi connectivity index (χ3v) is 1.63. The zero-order chi connectivity index (χ0) is 9.68. The molecule has 0 fully saturated rings. The Morgan fingerprint density at radius 2 is 2.31 bits per heavy atom. The van der Waals surface area contributed by atoms with Crippen LogP contribution >= 0.6 is 11.6 Å². The molecule has 1 aromatic carbocycles. The molecule has 3 heteroatoms. The Bertz CT molecular complexity index is 330. The zero-order valence-corrected chi connectivity index (χ0v) is 7.64. The van der Waals surface area contributed by atoms with Crippen LogP contribution in [-0.2, 0) is 0 Å². The molecule has 0 unspecified atom stereocenters. The third kappa shape index (κ3) is 2.96. The minimum atomic E-state index is -0.429. The van der Waals surface area contributed by atoms with Crippen LogP contribution in [0.15, 0.2) is 18.2 Å². The van der Waals surface area contributed by atoms with E-state index in [1.54, 1.807) is 0 Å². The lowest BCUT2D eigenvalue weighted by Gasteiger charge is -2.04. The van der Waals surface area contributed by atoms with Crippen LogP contribution in [-0.4, -0.2) is 6.61 Å². The van der Waals surface area contributed by atoms with Crippen molar-refractivity contribution in [1.29, 1.82) is 0 Å². The molecule has 0 aliphatic carbocycles. The van der Waals surface area contributed by atoms with Gasteiger partial charge in [0.15, 0.2) is 11.6 Å². The Morgan fingerprint density at radius 3 is 3.00 bits per heavy atom. The van der Waals surface area contributed by atoms with Crippen LogP contribution in [0.1, 0.15) is 6.42 Å². The average Bonchev–Trinajstić information content (AvgIpc) is 2.11. The van der Waals surface area contributed by atoms with Crippen molar-refractivity contribution in [3.63, 3.8) is 0 Å². The molecule has 0 radical (unpaired) electrons. The minimum absolute atomic E-state index is 0.141. The zero-order valence-electron chi connectivity index (χ0n) is 6.89. The molecule has 0 atom stereocenters. The van der Waals surface area contributed by atoms with Gasteiger partial charge in [-0.05, 0) is 12.1 Å². The molecule has 0 heterocycles. The molecule has 1 rings (SSSR count). The van der Waals surface area contributed by atoms with Crippen molar-refractivity contribution in [2.75, 3.05) is 6.61 Å². The molecular weight excluding hydrogens is 191 g/mol. The number of benzene rings is 1. The molecular formula is C10H8ClFO. The van der Waals surface area contributed by atoms with Gasteiger partial charge in [0, 0.05) is 17.5 Å². The summed E-state index contributed by atoms with van der Waals surface area (Å²) in [6.45, 7) is 0.299. The molecule has 0 aliphatic rings. The van der Waals surface area contributed by atoms with Gasteiger partial charge in [-0.1, -0.05) is 11.6 Å². The number of rotatable bonds is 3. The molecule has 0 bridgehead atoms. The van der Waals surface area contributed by atoms with E-state index in [1.807, 2.05) is 0 Å². The SMILES string of the molecule is C#CCCOc1cc(Cl)ccc1F. The molecule has 0 aromatic heterocycles. The summed E-state index contributed by atoms with van der Waals surface area (Å²) in [5, 5.41) is 0.442. The van der Waals surface area contributed by atoms with Gasteiger partial charge in [-0.15, -0.1) is 12.3 Å². The topological polar surface area (TPSA) is 9.23 Å². The summed E-state index contributed by atoms with van der Waals surface area (Å²) in [6.07, 6.45) is 5.46. The largest absolute Gasteiger partial charge is 0.489 e. The Balaban J connectivity index is 2.65. The summed E-state index contributed by atoms with van der Waals surface area (Å²) in [4.78, 5) is 0. The van der Waals surface area contributed by atoms with Crippen LogP contribution in [0, 0.1) is 18.2 Å². The lowest BCUT2D eigenvalue weighted by molar-refractivity contribution is 0.310. The lowest BCUT2D eigenvalue weighted by Crippen LogP contribution is -1.97. The number of terminal acetylenes is 1. The Labute approximate surface area is 81.5 Å². The Kier molecular flexibility index (Phi) is 3.60. The standard InChI is InChI=1S/C10H8ClFO/c1-2-3-6-13-10-7-8(11)4-5-9(10)12/h1,4-5,7H,3,6H2. The van der Waals surface area contributed by atoms with Crippen LogP contribution < -0.4 is 4.74 Å². The van der Waals surface area contributed by atoms with Gasteiger partial charge in [0.2, 0.25) is 0 Å². The predicted molar refractivity (Wildman–Crippen MR) is 50.4 cm³/mol. The Hall–Kier alpha value is -1.20. The van der Waals surface area contributed by atoms with E-state index in [2.05, 4.69) is 5.92 Å². The molecule has 0 aliphatic heterocycles. The fourth-order valence-corrected chi connectivity index (χ4v) is 0.970. The second-order valence-electron chi connectivity index (χ2n) is 2.38. The van der Waals surface area contributed by atoms with Crippen molar-refractivity contribution >= 4 is 11.6 Å². The van der Waals surface area contributed by atoms with E-state index in [4.69, 9.17) is 22.8 Å². The number of ether oxygens (including phenoxy) is 1. The van der Waals surface area contributed by atoms with Gasteiger partial charge < -0.3 is 4.74 Å². The van der Waals surface area contributed by atoms with E-state index in [-0.39, 0.29) is 5.75 Å². The van der Waals surface area contributed by atoms with Crippen LogP contribution in [0.25, 0.3) is 0 Å². The maximum absolute atomic E-state index is 13.0. The summed E-state index contributed by atoms with van der Waals surface area (Å²) < 4.78 is 18.0. The molecule has 0 saturated heterocycles. The molecule has 0 amide bonds. The monoisotopic (exact) mass is 198 g/mol. The first-order valence-electron chi connectivity index (χ1n) is 3.75. The Morgan fingerprint density at radius 1 is 1.54 bits per heavy atom. The van der Waals surface area contributed by atoms with E-state index in [1.165, 1.54) is 18.2 Å². The maximum Gasteiger partial charge on any atom is 0.165 e. The van der Waals surface area contributed by atoms with Gasteiger partial charge in [-0.25, -0.2) is 4.39 Å². The summed E-state index contributed by atoms with van der Waals surface area (Å²) in [5.74, 6) is 2.10. The average molecular weight is 199 g/mol. The first kappa shape index (κ1) is 9.88. The number of hydrogen-bond donors (Lipinski definition) is 0. The molecule has 68 valence electrons. The first-order valence-corrected chi connectivity index (χ1v) is 4.13. The second kappa shape index (κ2) is 4.74. The highest BCUT2D eigenvalue weighted by Crippen LogP contribution is 2.21. The van der Waals surface area contributed by atoms with E-state index < -0.39 is 5.82 Å². The van der Waals surface area contributed by atoms with E-state index in [0.717, 1.165) is 0 Å². The van der Waals surface area contributed by atoms with Gasteiger partial charge in [-0.3, -0.25) is 0 Å². The van der Waals surface area contributed by atoms with Crippen molar-refractivity contribution in [1.82, 2.24) is 0 Å². The smallest absolute Gasteiger partial charge is 0.165 e. The molecule has 0 saturated carbocycles. The van der Waals surface area contributed by atoms with Crippen LogP contribution in [0.3, 0.4) is 0 Å². The summed E-state index contributed by atoms with van der Waals surface area (Å²) in [7, 11) is 0. The van der Waals surface area contributed by atoms with Gasteiger partial charge in [0.1, 0.15) is 0 Å². The lowest BCUT2D eigenvalue weighted by atomic mass is 10.3. The molecule has 13 heavy (non-hydrogen) atoms.